The highest BCUT2D eigenvalue weighted by atomic mass is 16.4. The average molecular weight is 307 g/mol. The van der Waals surface area contributed by atoms with Crippen LogP contribution in [-0.2, 0) is 0 Å². The molecule has 0 unspecified atom stereocenters. The van der Waals surface area contributed by atoms with Crippen molar-refractivity contribution in [2.45, 2.75) is 6.92 Å². The van der Waals surface area contributed by atoms with Gasteiger partial charge < -0.3 is 9.73 Å². The normalized spacial score (nSPS) is 10.3. The van der Waals surface area contributed by atoms with Gasteiger partial charge in [-0.25, -0.2) is 9.78 Å². The van der Waals surface area contributed by atoms with E-state index in [1.165, 1.54) is 0 Å². The predicted octanol–water partition coefficient (Wildman–Crippen LogP) is 2.90. The summed E-state index contributed by atoms with van der Waals surface area (Å²) in [7, 11) is 0. The van der Waals surface area contributed by atoms with Gasteiger partial charge in [0.15, 0.2) is 0 Å². The van der Waals surface area contributed by atoms with E-state index >= 15 is 0 Å². The van der Waals surface area contributed by atoms with E-state index < -0.39 is 0 Å². The zero-order valence-corrected chi connectivity index (χ0v) is 12.3. The van der Waals surface area contributed by atoms with Gasteiger partial charge in [0.05, 0.1) is 11.6 Å². The highest BCUT2D eigenvalue weighted by molar-refractivity contribution is 5.89. The van der Waals surface area contributed by atoms with Gasteiger partial charge in [-0.2, -0.15) is 10.2 Å². The van der Waals surface area contributed by atoms with Gasteiger partial charge in [-0.3, -0.25) is 5.32 Å². The number of carbonyl (C=O) groups is 1. The van der Waals surface area contributed by atoms with Crippen LogP contribution >= 0.6 is 0 Å². The minimum absolute atomic E-state index is 0.316. The monoisotopic (exact) mass is 307 g/mol. The van der Waals surface area contributed by atoms with Gasteiger partial charge in [-0.15, -0.1) is 0 Å². The number of nitrogens with one attached hydrogen (secondary N) is 2. The number of urea groups is 1. The first-order valence-corrected chi connectivity index (χ1v) is 7.02. The number of benzene rings is 1. The Labute approximate surface area is 132 Å². The molecule has 23 heavy (non-hydrogen) atoms. The van der Waals surface area contributed by atoms with Crippen molar-refractivity contribution in [1.82, 2.24) is 15.3 Å². The summed E-state index contributed by atoms with van der Waals surface area (Å²) in [5, 5.41) is 14.2. The molecule has 114 valence electrons. The van der Waals surface area contributed by atoms with Gasteiger partial charge in [0.25, 0.3) is 0 Å². The van der Waals surface area contributed by atoms with Crippen molar-refractivity contribution in [3.8, 4) is 17.5 Å². The number of aromatic nitrogens is 2. The Hall–Kier alpha value is -3.40. The van der Waals surface area contributed by atoms with Crippen molar-refractivity contribution in [3.05, 3.63) is 42.0 Å². The SMILES string of the molecule is CCNC(=O)Nc1ccc2nc(-c3cccc(C#N)c3)oc2n1. The number of carbonyl (C=O) groups excluding carboxylic acids is 1. The molecule has 2 amide bonds. The van der Waals surface area contributed by atoms with E-state index in [2.05, 4.69) is 26.7 Å². The lowest BCUT2D eigenvalue weighted by Crippen LogP contribution is -2.28. The first-order valence-electron chi connectivity index (χ1n) is 7.02. The number of nitriles is 1. The zero-order chi connectivity index (χ0) is 16.2. The van der Waals surface area contributed by atoms with E-state index in [0.717, 1.165) is 0 Å². The lowest BCUT2D eigenvalue weighted by molar-refractivity contribution is 0.252. The van der Waals surface area contributed by atoms with Crippen LogP contribution in [0.3, 0.4) is 0 Å². The molecule has 0 radical (unpaired) electrons. The Morgan fingerprint density at radius 1 is 1.30 bits per heavy atom. The molecule has 2 aromatic heterocycles. The largest absolute Gasteiger partial charge is 0.418 e. The van der Waals surface area contributed by atoms with E-state index in [4.69, 9.17) is 9.68 Å². The van der Waals surface area contributed by atoms with E-state index in [-0.39, 0.29) is 6.03 Å². The van der Waals surface area contributed by atoms with Crippen molar-refractivity contribution < 1.29 is 9.21 Å². The van der Waals surface area contributed by atoms with E-state index in [9.17, 15) is 4.79 Å². The quantitative estimate of drug-likeness (QED) is 0.774. The lowest BCUT2D eigenvalue weighted by Gasteiger charge is -2.03. The van der Waals surface area contributed by atoms with E-state index in [0.29, 0.717) is 40.6 Å². The second-order valence-electron chi connectivity index (χ2n) is 4.72. The summed E-state index contributed by atoms with van der Waals surface area (Å²) in [6.45, 7) is 2.35. The maximum Gasteiger partial charge on any atom is 0.320 e. The Balaban J connectivity index is 1.93. The molecule has 1 aromatic carbocycles. The van der Waals surface area contributed by atoms with Gasteiger partial charge in [0.1, 0.15) is 11.3 Å². The smallest absolute Gasteiger partial charge is 0.320 e. The third-order valence-electron chi connectivity index (χ3n) is 3.07. The molecule has 7 nitrogen and oxygen atoms in total. The molecule has 0 aliphatic heterocycles. The molecular formula is C16H13N5O2. The zero-order valence-electron chi connectivity index (χ0n) is 12.3. The van der Waals surface area contributed by atoms with Crippen LogP contribution in [0.4, 0.5) is 10.6 Å². The topological polar surface area (TPSA) is 104 Å². The predicted molar refractivity (Wildman–Crippen MR) is 84.7 cm³/mol. The van der Waals surface area contributed by atoms with Crippen LogP contribution in [0.5, 0.6) is 0 Å². The molecule has 3 aromatic rings. The standard InChI is InChI=1S/C16H13N5O2/c1-2-18-16(22)21-13-7-6-12-15(20-13)23-14(19-12)11-5-3-4-10(8-11)9-17/h3-8H,2H2,1H3,(H2,18,20,21,22). The summed E-state index contributed by atoms with van der Waals surface area (Å²) >= 11 is 0. The lowest BCUT2D eigenvalue weighted by atomic mass is 10.1. The highest BCUT2D eigenvalue weighted by Crippen LogP contribution is 2.24. The minimum Gasteiger partial charge on any atom is -0.418 e. The van der Waals surface area contributed by atoms with Gasteiger partial charge >= 0.3 is 6.03 Å². The van der Waals surface area contributed by atoms with Crippen molar-refractivity contribution in [3.63, 3.8) is 0 Å². The second-order valence-corrected chi connectivity index (χ2v) is 4.72. The number of nitrogens with zero attached hydrogens (tertiary/aromatic N) is 3. The van der Waals surface area contributed by atoms with Crippen LogP contribution in [-0.4, -0.2) is 22.5 Å². The Kier molecular flexibility index (Phi) is 3.89. The summed E-state index contributed by atoms with van der Waals surface area (Å²) in [4.78, 5) is 20.1. The maximum atomic E-state index is 11.5. The molecular weight excluding hydrogens is 294 g/mol. The number of amides is 2. The Morgan fingerprint density at radius 3 is 2.96 bits per heavy atom. The molecule has 0 atom stereocenters. The first kappa shape index (κ1) is 14.5. The van der Waals surface area contributed by atoms with Crippen LogP contribution in [0, 0.1) is 11.3 Å². The van der Waals surface area contributed by atoms with Crippen LogP contribution in [0.2, 0.25) is 0 Å². The number of rotatable bonds is 3. The number of oxazole rings is 1. The molecule has 7 heteroatoms. The molecule has 0 spiro atoms. The Bertz CT molecular complexity index is 910. The highest BCUT2D eigenvalue weighted by Gasteiger charge is 2.11. The molecule has 0 aliphatic rings. The molecule has 0 aliphatic carbocycles. The van der Waals surface area contributed by atoms with E-state index in [1.54, 1.807) is 36.4 Å². The molecule has 2 heterocycles. The Morgan fingerprint density at radius 2 is 2.17 bits per heavy atom. The van der Waals surface area contributed by atoms with Gasteiger partial charge in [0.2, 0.25) is 11.6 Å². The van der Waals surface area contributed by atoms with Crippen molar-refractivity contribution in [1.29, 1.82) is 5.26 Å². The summed E-state index contributed by atoms with van der Waals surface area (Å²) < 4.78 is 5.63. The number of pyridine rings is 1. The second kappa shape index (κ2) is 6.15. The molecule has 0 bridgehead atoms. The fraction of sp³-hybridized carbons (Fsp3) is 0.125. The fourth-order valence-electron chi connectivity index (χ4n) is 2.05. The van der Waals surface area contributed by atoms with Gasteiger partial charge in [-0.05, 0) is 37.3 Å². The molecule has 0 saturated heterocycles. The minimum atomic E-state index is -0.333. The van der Waals surface area contributed by atoms with Crippen LogP contribution in [0.25, 0.3) is 22.7 Å². The van der Waals surface area contributed by atoms with Gasteiger partial charge in [0, 0.05) is 12.1 Å². The summed E-state index contributed by atoms with van der Waals surface area (Å²) in [5.74, 6) is 0.747. The molecule has 0 fully saturated rings. The number of hydrogen-bond acceptors (Lipinski definition) is 5. The van der Waals surface area contributed by atoms with Crippen LogP contribution in [0.15, 0.2) is 40.8 Å². The van der Waals surface area contributed by atoms with Crippen molar-refractivity contribution >= 4 is 23.1 Å². The average Bonchev–Trinajstić information content (AvgIpc) is 2.98. The molecule has 3 rings (SSSR count). The third-order valence-corrected chi connectivity index (χ3v) is 3.07. The number of fused-ring (bicyclic) bond motifs is 1. The first-order chi connectivity index (χ1) is 11.2. The number of anilines is 1. The third kappa shape index (κ3) is 3.11. The van der Waals surface area contributed by atoms with E-state index in [1.807, 2.05) is 6.92 Å². The van der Waals surface area contributed by atoms with Crippen LogP contribution in [0.1, 0.15) is 12.5 Å². The van der Waals surface area contributed by atoms with Gasteiger partial charge in [-0.1, -0.05) is 6.07 Å². The summed E-state index contributed by atoms with van der Waals surface area (Å²) in [6, 6.07) is 12.1. The molecule has 0 saturated carbocycles. The fourth-order valence-corrected chi connectivity index (χ4v) is 2.05. The number of hydrogen-bond donors (Lipinski definition) is 2. The van der Waals surface area contributed by atoms with Crippen molar-refractivity contribution in [2.24, 2.45) is 0 Å². The summed E-state index contributed by atoms with van der Waals surface area (Å²) in [5.41, 5.74) is 2.11. The van der Waals surface area contributed by atoms with Crippen molar-refractivity contribution in [2.75, 3.05) is 11.9 Å². The maximum absolute atomic E-state index is 11.5. The summed E-state index contributed by atoms with van der Waals surface area (Å²) in [6.07, 6.45) is 0. The molecule has 2 N–H and O–H groups in total. The van der Waals surface area contributed by atoms with Crippen LogP contribution < -0.4 is 10.6 Å².